The van der Waals surface area contributed by atoms with Gasteiger partial charge in [-0.05, 0) is 44.5 Å². The molecule has 1 atom stereocenters. The van der Waals surface area contributed by atoms with E-state index in [4.69, 9.17) is 27.9 Å². The number of nitrogens with one attached hydrogen (secondary N) is 1. The zero-order valence-corrected chi connectivity index (χ0v) is 18.0. The second kappa shape index (κ2) is 8.34. The van der Waals surface area contributed by atoms with Gasteiger partial charge in [-0.15, -0.1) is 11.8 Å². The Labute approximate surface area is 174 Å². The summed E-state index contributed by atoms with van der Waals surface area (Å²) in [5, 5.41) is 4.42. The lowest BCUT2D eigenvalue weighted by atomic mass is 9.89. The molecule has 144 valence electrons. The molecule has 1 heterocycles. The minimum atomic E-state index is -0.315. The molecule has 1 amide bonds. The maximum absolute atomic E-state index is 12.5. The van der Waals surface area contributed by atoms with Crippen molar-refractivity contribution in [3.8, 4) is 5.75 Å². The van der Waals surface area contributed by atoms with Crippen LogP contribution in [0, 0.1) is 6.92 Å². The first-order valence-electron chi connectivity index (χ1n) is 8.84. The van der Waals surface area contributed by atoms with E-state index >= 15 is 0 Å². The fourth-order valence-electron chi connectivity index (χ4n) is 3.23. The van der Waals surface area contributed by atoms with Gasteiger partial charge in [0, 0.05) is 27.8 Å². The Kier molecular flexibility index (Phi) is 6.29. The molecule has 0 saturated heterocycles. The van der Waals surface area contributed by atoms with Crippen molar-refractivity contribution in [3.05, 3.63) is 63.1 Å². The van der Waals surface area contributed by atoms with Crippen LogP contribution in [0.5, 0.6) is 5.75 Å². The van der Waals surface area contributed by atoms with Crippen LogP contribution in [0.3, 0.4) is 0 Å². The van der Waals surface area contributed by atoms with Crippen LogP contribution in [0.2, 0.25) is 10.0 Å². The number of benzene rings is 2. The Balaban J connectivity index is 1.61. The average molecular weight is 424 g/mol. The smallest absolute Gasteiger partial charge is 0.230 e. The van der Waals surface area contributed by atoms with Gasteiger partial charge in [-0.25, -0.2) is 0 Å². The van der Waals surface area contributed by atoms with E-state index in [9.17, 15) is 4.79 Å². The number of thioether (sulfide) groups is 1. The summed E-state index contributed by atoms with van der Waals surface area (Å²) in [5.41, 5.74) is 2.87. The van der Waals surface area contributed by atoms with Crippen LogP contribution in [-0.4, -0.2) is 17.3 Å². The molecule has 0 spiro atoms. The van der Waals surface area contributed by atoms with Crippen molar-refractivity contribution >= 4 is 40.9 Å². The van der Waals surface area contributed by atoms with Crippen molar-refractivity contribution in [1.29, 1.82) is 0 Å². The average Bonchev–Trinajstić information content (AvgIpc) is 2.57. The first-order chi connectivity index (χ1) is 12.7. The van der Waals surface area contributed by atoms with Gasteiger partial charge in [-0.3, -0.25) is 4.79 Å². The molecule has 0 aromatic heterocycles. The highest BCUT2D eigenvalue weighted by atomic mass is 35.5. The van der Waals surface area contributed by atoms with Crippen LogP contribution in [0.4, 0.5) is 0 Å². The molecular formula is C21H23Cl2NO2S. The summed E-state index contributed by atoms with van der Waals surface area (Å²) in [7, 11) is 0. The zero-order valence-electron chi connectivity index (χ0n) is 15.6. The SMILES string of the molecule is Cc1ccc2c(c1)[C@H](NC(=O)CSCc1ccc(Cl)cc1Cl)CC(C)(C)O2. The van der Waals surface area contributed by atoms with E-state index < -0.39 is 0 Å². The number of hydrogen-bond donors (Lipinski definition) is 1. The number of hydrogen-bond acceptors (Lipinski definition) is 3. The highest BCUT2D eigenvalue weighted by Gasteiger charge is 2.34. The molecule has 0 saturated carbocycles. The van der Waals surface area contributed by atoms with Gasteiger partial charge in [-0.2, -0.15) is 0 Å². The molecule has 27 heavy (non-hydrogen) atoms. The van der Waals surface area contributed by atoms with Crippen LogP contribution in [0.15, 0.2) is 36.4 Å². The molecule has 2 aromatic rings. The summed E-state index contributed by atoms with van der Waals surface area (Å²) in [5.74, 6) is 1.90. The highest BCUT2D eigenvalue weighted by Crippen LogP contribution is 2.39. The number of aryl methyl sites for hydroxylation is 1. The Hall–Kier alpha value is -1.36. The Morgan fingerprint density at radius 1 is 1.26 bits per heavy atom. The predicted octanol–water partition coefficient (Wildman–Crippen LogP) is 5.95. The van der Waals surface area contributed by atoms with Crippen molar-refractivity contribution in [2.24, 2.45) is 0 Å². The van der Waals surface area contributed by atoms with Crippen LogP contribution in [0.1, 0.15) is 43.0 Å². The fourth-order valence-corrected chi connectivity index (χ4v) is 4.63. The van der Waals surface area contributed by atoms with E-state index in [1.165, 1.54) is 11.8 Å². The first-order valence-corrected chi connectivity index (χ1v) is 10.8. The molecule has 1 N–H and O–H groups in total. The number of halogens is 2. The van der Waals surface area contributed by atoms with Crippen molar-refractivity contribution in [2.45, 2.75) is 44.6 Å². The summed E-state index contributed by atoms with van der Waals surface area (Å²) in [6.07, 6.45) is 0.739. The molecule has 0 unspecified atom stereocenters. The largest absolute Gasteiger partial charge is 0.487 e. The summed E-state index contributed by atoms with van der Waals surface area (Å²) in [6.45, 7) is 6.14. The summed E-state index contributed by atoms with van der Waals surface area (Å²) in [6, 6.07) is 11.5. The lowest BCUT2D eigenvalue weighted by Crippen LogP contribution is -2.41. The molecule has 2 aromatic carbocycles. The Morgan fingerprint density at radius 3 is 2.78 bits per heavy atom. The lowest BCUT2D eigenvalue weighted by molar-refractivity contribution is -0.119. The topological polar surface area (TPSA) is 38.3 Å². The lowest BCUT2D eigenvalue weighted by Gasteiger charge is -2.38. The van der Waals surface area contributed by atoms with Crippen LogP contribution in [-0.2, 0) is 10.5 Å². The number of carbonyl (C=O) groups is 1. The molecule has 3 nitrogen and oxygen atoms in total. The van der Waals surface area contributed by atoms with Gasteiger partial charge in [0.25, 0.3) is 0 Å². The molecule has 0 radical (unpaired) electrons. The summed E-state index contributed by atoms with van der Waals surface area (Å²) >= 11 is 13.6. The number of fused-ring (bicyclic) bond motifs is 1. The van der Waals surface area contributed by atoms with E-state index in [1.54, 1.807) is 6.07 Å². The van der Waals surface area contributed by atoms with Crippen LogP contribution in [0.25, 0.3) is 0 Å². The Bertz CT molecular complexity index is 854. The number of ether oxygens (including phenoxy) is 1. The predicted molar refractivity (Wildman–Crippen MR) is 114 cm³/mol. The Morgan fingerprint density at radius 2 is 2.04 bits per heavy atom. The number of rotatable bonds is 5. The van der Waals surface area contributed by atoms with Crippen LogP contribution >= 0.6 is 35.0 Å². The van der Waals surface area contributed by atoms with E-state index in [0.29, 0.717) is 21.6 Å². The molecule has 0 bridgehead atoms. The van der Waals surface area contributed by atoms with Crippen molar-refractivity contribution in [2.75, 3.05) is 5.75 Å². The van der Waals surface area contributed by atoms with E-state index in [0.717, 1.165) is 28.9 Å². The van der Waals surface area contributed by atoms with Crippen LogP contribution < -0.4 is 10.1 Å². The summed E-state index contributed by atoms with van der Waals surface area (Å²) in [4.78, 5) is 12.5. The maximum atomic E-state index is 12.5. The second-order valence-electron chi connectivity index (χ2n) is 7.46. The molecule has 6 heteroatoms. The van der Waals surface area contributed by atoms with Gasteiger partial charge >= 0.3 is 0 Å². The third-order valence-electron chi connectivity index (χ3n) is 4.46. The van der Waals surface area contributed by atoms with Crippen molar-refractivity contribution < 1.29 is 9.53 Å². The zero-order chi connectivity index (χ0) is 19.6. The molecule has 3 rings (SSSR count). The van der Waals surface area contributed by atoms with E-state index in [-0.39, 0.29) is 17.6 Å². The van der Waals surface area contributed by atoms with E-state index in [2.05, 4.69) is 11.4 Å². The second-order valence-corrected chi connectivity index (χ2v) is 9.29. The number of amides is 1. The third kappa shape index (κ3) is 5.34. The maximum Gasteiger partial charge on any atom is 0.230 e. The van der Waals surface area contributed by atoms with Crippen molar-refractivity contribution in [1.82, 2.24) is 5.32 Å². The summed E-state index contributed by atoms with van der Waals surface area (Å²) < 4.78 is 6.07. The molecule has 1 aliphatic rings. The minimum absolute atomic E-state index is 0.0141. The van der Waals surface area contributed by atoms with Gasteiger partial charge in [0.15, 0.2) is 0 Å². The van der Waals surface area contributed by atoms with E-state index in [1.807, 2.05) is 45.0 Å². The standard InChI is InChI=1S/C21H23Cl2NO2S/c1-13-4-7-19-16(8-13)18(10-21(2,3)26-19)24-20(25)12-27-11-14-5-6-15(22)9-17(14)23/h4-9,18H,10-12H2,1-3H3,(H,24,25)/t18-/m1/s1. The van der Waals surface area contributed by atoms with Gasteiger partial charge in [0.05, 0.1) is 11.8 Å². The normalized spacial score (nSPS) is 17.7. The molecular weight excluding hydrogens is 401 g/mol. The van der Waals surface area contributed by atoms with Gasteiger partial charge < -0.3 is 10.1 Å². The molecule has 0 fully saturated rings. The fraction of sp³-hybridized carbons (Fsp3) is 0.381. The monoisotopic (exact) mass is 423 g/mol. The third-order valence-corrected chi connectivity index (χ3v) is 6.03. The first kappa shape index (κ1) is 20.4. The highest BCUT2D eigenvalue weighted by molar-refractivity contribution is 7.99. The van der Waals surface area contributed by atoms with Gasteiger partial charge in [-0.1, -0.05) is 47.0 Å². The number of carbonyl (C=O) groups excluding carboxylic acids is 1. The quantitative estimate of drug-likeness (QED) is 0.644. The molecule has 0 aliphatic carbocycles. The van der Waals surface area contributed by atoms with Gasteiger partial charge in [0.2, 0.25) is 5.91 Å². The molecule has 1 aliphatic heterocycles. The minimum Gasteiger partial charge on any atom is -0.487 e. The van der Waals surface area contributed by atoms with Gasteiger partial charge in [0.1, 0.15) is 11.4 Å². The van der Waals surface area contributed by atoms with Crippen molar-refractivity contribution in [3.63, 3.8) is 0 Å².